The molecule has 2 heterocycles. The fourth-order valence-electron chi connectivity index (χ4n) is 1.89. The van der Waals surface area contributed by atoms with Gasteiger partial charge in [0, 0.05) is 25.6 Å². The van der Waals surface area contributed by atoms with Gasteiger partial charge in [-0.3, -0.25) is 4.79 Å². The molecule has 1 saturated heterocycles. The highest BCUT2D eigenvalue weighted by atomic mass is 16.6. The molecule has 94 valence electrons. The summed E-state index contributed by atoms with van der Waals surface area (Å²) in [6.45, 7) is 4.64. The molecule has 0 bridgehead atoms. The first kappa shape index (κ1) is 11.8. The molecule has 7 nitrogen and oxygen atoms in total. The van der Waals surface area contributed by atoms with Crippen molar-refractivity contribution in [3.05, 3.63) is 5.69 Å². The van der Waals surface area contributed by atoms with Gasteiger partial charge in [0.1, 0.15) is 0 Å². The van der Waals surface area contributed by atoms with Gasteiger partial charge in [0.2, 0.25) is 11.5 Å². The summed E-state index contributed by atoms with van der Waals surface area (Å²) in [5.74, 6) is 0.189. The van der Waals surface area contributed by atoms with Crippen LogP contribution in [0.25, 0.3) is 0 Å². The Bertz CT molecular complexity index is 387. The number of nitrogen functional groups attached to an aromatic ring is 1. The summed E-state index contributed by atoms with van der Waals surface area (Å²) in [5, 5.41) is 6.93. The van der Waals surface area contributed by atoms with E-state index in [0.717, 1.165) is 13.0 Å². The molecule has 0 aromatic carbocycles. The summed E-state index contributed by atoms with van der Waals surface area (Å²) in [4.78, 5) is 13.8. The van der Waals surface area contributed by atoms with Crippen molar-refractivity contribution >= 4 is 11.7 Å². The number of nitrogens with zero attached hydrogens (tertiary/aromatic N) is 3. The van der Waals surface area contributed by atoms with Crippen LogP contribution in [0.5, 0.6) is 0 Å². The zero-order valence-electron chi connectivity index (χ0n) is 9.76. The van der Waals surface area contributed by atoms with Crippen molar-refractivity contribution in [1.29, 1.82) is 0 Å². The summed E-state index contributed by atoms with van der Waals surface area (Å²) in [7, 11) is 0. The lowest BCUT2D eigenvalue weighted by Crippen LogP contribution is -2.36. The highest BCUT2D eigenvalue weighted by Crippen LogP contribution is 2.16. The van der Waals surface area contributed by atoms with Gasteiger partial charge in [0.05, 0.1) is 6.61 Å². The van der Waals surface area contributed by atoms with Gasteiger partial charge >= 0.3 is 0 Å². The number of hydrogen-bond acceptors (Lipinski definition) is 6. The molecule has 17 heavy (non-hydrogen) atoms. The van der Waals surface area contributed by atoms with E-state index < -0.39 is 0 Å². The predicted molar refractivity (Wildman–Crippen MR) is 59.2 cm³/mol. The first-order valence-electron chi connectivity index (χ1n) is 5.67. The van der Waals surface area contributed by atoms with Crippen LogP contribution >= 0.6 is 0 Å². The molecule has 1 unspecified atom stereocenters. The molecule has 1 amide bonds. The Kier molecular flexibility index (Phi) is 3.58. The van der Waals surface area contributed by atoms with Crippen LogP contribution in [0.2, 0.25) is 0 Å². The van der Waals surface area contributed by atoms with E-state index in [9.17, 15) is 4.79 Å². The number of amides is 1. The highest BCUT2D eigenvalue weighted by molar-refractivity contribution is 5.96. The molecule has 7 heteroatoms. The fourth-order valence-corrected chi connectivity index (χ4v) is 1.89. The van der Waals surface area contributed by atoms with Crippen LogP contribution in [-0.2, 0) is 4.74 Å². The summed E-state index contributed by atoms with van der Waals surface area (Å²) >= 11 is 0. The summed E-state index contributed by atoms with van der Waals surface area (Å²) in [6, 6.07) is 0. The van der Waals surface area contributed by atoms with Gasteiger partial charge < -0.3 is 15.4 Å². The van der Waals surface area contributed by atoms with Crippen molar-refractivity contribution < 1.29 is 14.2 Å². The van der Waals surface area contributed by atoms with Crippen molar-refractivity contribution in [3.8, 4) is 0 Å². The Morgan fingerprint density at radius 2 is 2.41 bits per heavy atom. The maximum atomic E-state index is 12.1. The van der Waals surface area contributed by atoms with Crippen LogP contribution in [0.1, 0.15) is 23.8 Å². The lowest BCUT2D eigenvalue weighted by Gasteiger charge is -2.22. The second kappa shape index (κ2) is 5.13. The molecule has 0 aliphatic carbocycles. The van der Waals surface area contributed by atoms with E-state index in [4.69, 9.17) is 10.5 Å². The molecule has 0 radical (unpaired) electrons. The van der Waals surface area contributed by atoms with Crippen molar-refractivity contribution in [2.45, 2.75) is 13.3 Å². The van der Waals surface area contributed by atoms with Crippen LogP contribution in [-0.4, -0.2) is 47.4 Å². The normalized spacial score (nSPS) is 19.5. The van der Waals surface area contributed by atoms with Gasteiger partial charge in [-0.2, -0.15) is 0 Å². The molecular weight excluding hydrogens is 224 g/mol. The van der Waals surface area contributed by atoms with Gasteiger partial charge in [-0.25, -0.2) is 4.63 Å². The van der Waals surface area contributed by atoms with Gasteiger partial charge in [-0.1, -0.05) is 0 Å². The van der Waals surface area contributed by atoms with Crippen LogP contribution in [0, 0.1) is 5.92 Å². The number of anilines is 1. The van der Waals surface area contributed by atoms with Crippen molar-refractivity contribution in [3.63, 3.8) is 0 Å². The monoisotopic (exact) mass is 240 g/mol. The smallest absolute Gasteiger partial charge is 0.280 e. The van der Waals surface area contributed by atoms with E-state index in [1.807, 2.05) is 6.92 Å². The number of hydrogen-bond donors (Lipinski definition) is 1. The third-order valence-electron chi connectivity index (χ3n) is 2.89. The molecule has 0 spiro atoms. The average molecular weight is 240 g/mol. The number of carbonyl (C=O) groups excluding carboxylic acids is 1. The minimum absolute atomic E-state index is 0.0381. The number of nitrogens with two attached hydrogens (primary N) is 1. The van der Waals surface area contributed by atoms with Crippen LogP contribution in [0.4, 0.5) is 5.82 Å². The lowest BCUT2D eigenvalue weighted by atomic mass is 10.1. The number of ether oxygens (including phenoxy) is 1. The van der Waals surface area contributed by atoms with E-state index in [1.54, 1.807) is 4.90 Å². The fraction of sp³-hybridized carbons (Fsp3) is 0.700. The summed E-state index contributed by atoms with van der Waals surface area (Å²) < 4.78 is 9.72. The van der Waals surface area contributed by atoms with Gasteiger partial charge in [-0.05, 0) is 23.7 Å². The van der Waals surface area contributed by atoms with E-state index in [1.165, 1.54) is 0 Å². The number of carbonyl (C=O) groups is 1. The molecule has 1 aliphatic heterocycles. The predicted octanol–water partition coefficient (Wildman–Crippen LogP) is 0.150. The third kappa shape index (κ3) is 2.55. The quantitative estimate of drug-likeness (QED) is 0.805. The van der Waals surface area contributed by atoms with E-state index in [2.05, 4.69) is 14.9 Å². The molecule has 1 aromatic heterocycles. The molecule has 1 aromatic rings. The van der Waals surface area contributed by atoms with Crippen LogP contribution in [0.3, 0.4) is 0 Å². The van der Waals surface area contributed by atoms with Crippen molar-refractivity contribution in [1.82, 2.24) is 15.2 Å². The minimum atomic E-state index is -0.238. The Labute approximate surface area is 98.9 Å². The molecule has 1 atom stereocenters. The van der Waals surface area contributed by atoms with Crippen molar-refractivity contribution in [2.24, 2.45) is 5.92 Å². The largest absolute Gasteiger partial charge is 0.381 e. The van der Waals surface area contributed by atoms with Gasteiger partial charge in [0.25, 0.3) is 5.91 Å². The first-order chi connectivity index (χ1) is 8.22. The van der Waals surface area contributed by atoms with E-state index >= 15 is 0 Å². The van der Waals surface area contributed by atoms with Crippen LogP contribution in [0.15, 0.2) is 4.63 Å². The SMILES string of the molecule is CCN(CC1CCOC1)C(=O)c1nonc1N. The molecular formula is C10H16N4O3. The molecule has 2 rings (SSSR count). The number of rotatable bonds is 4. The first-order valence-corrected chi connectivity index (χ1v) is 5.67. The minimum Gasteiger partial charge on any atom is -0.381 e. The molecule has 1 fully saturated rings. The number of aromatic nitrogens is 2. The van der Waals surface area contributed by atoms with Gasteiger partial charge in [-0.15, -0.1) is 0 Å². The second-order valence-corrected chi connectivity index (χ2v) is 4.07. The lowest BCUT2D eigenvalue weighted by molar-refractivity contribution is 0.0720. The average Bonchev–Trinajstić information content (AvgIpc) is 2.96. The Morgan fingerprint density at radius 3 is 2.94 bits per heavy atom. The topological polar surface area (TPSA) is 94.5 Å². The zero-order valence-corrected chi connectivity index (χ0v) is 9.76. The second-order valence-electron chi connectivity index (χ2n) is 4.07. The maximum absolute atomic E-state index is 12.1. The Balaban J connectivity index is 2.02. The van der Waals surface area contributed by atoms with E-state index in [-0.39, 0.29) is 17.4 Å². The Hall–Kier alpha value is -1.63. The van der Waals surface area contributed by atoms with Crippen LogP contribution < -0.4 is 5.73 Å². The van der Waals surface area contributed by atoms with E-state index in [0.29, 0.717) is 25.6 Å². The van der Waals surface area contributed by atoms with Gasteiger partial charge in [0.15, 0.2) is 0 Å². The summed E-state index contributed by atoms with van der Waals surface area (Å²) in [5.41, 5.74) is 5.59. The summed E-state index contributed by atoms with van der Waals surface area (Å²) in [6.07, 6.45) is 0.982. The molecule has 1 aliphatic rings. The molecule has 0 saturated carbocycles. The maximum Gasteiger partial charge on any atom is 0.280 e. The molecule has 2 N–H and O–H groups in total. The highest BCUT2D eigenvalue weighted by Gasteiger charge is 2.25. The third-order valence-corrected chi connectivity index (χ3v) is 2.89. The van der Waals surface area contributed by atoms with Crippen molar-refractivity contribution in [2.75, 3.05) is 32.0 Å². The zero-order chi connectivity index (χ0) is 12.3. The standard InChI is InChI=1S/C10H16N4O3/c1-2-14(5-7-3-4-16-6-7)10(15)8-9(11)13-17-12-8/h7H,2-6H2,1H3,(H2,11,13). The Morgan fingerprint density at radius 1 is 1.59 bits per heavy atom.